The van der Waals surface area contributed by atoms with Crippen molar-refractivity contribution >= 4 is 11.9 Å². The zero-order chi connectivity index (χ0) is 16.1. The summed E-state index contributed by atoms with van der Waals surface area (Å²) >= 11 is 0. The van der Waals surface area contributed by atoms with Crippen molar-refractivity contribution in [3.63, 3.8) is 0 Å². The molecule has 0 saturated carbocycles. The fourth-order valence-corrected chi connectivity index (χ4v) is 2.02. The fraction of sp³-hybridized carbons (Fsp3) is 0.125. The van der Waals surface area contributed by atoms with E-state index in [9.17, 15) is 4.79 Å². The molecule has 0 saturated heterocycles. The van der Waals surface area contributed by atoms with Crippen LogP contribution in [0.2, 0.25) is 0 Å². The predicted octanol–water partition coefficient (Wildman–Crippen LogP) is 2.32. The number of ether oxygens (including phenoxy) is 1. The van der Waals surface area contributed by atoms with Gasteiger partial charge in [-0.1, -0.05) is 17.3 Å². The number of hydrogen-bond donors (Lipinski definition) is 1. The number of rotatable bonds is 5. The van der Waals surface area contributed by atoms with Crippen molar-refractivity contribution in [3.8, 4) is 17.1 Å². The van der Waals surface area contributed by atoms with E-state index < -0.39 is 0 Å². The van der Waals surface area contributed by atoms with E-state index in [2.05, 4.69) is 20.4 Å². The highest BCUT2D eigenvalue weighted by atomic mass is 16.5. The Morgan fingerprint density at radius 3 is 2.87 bits per heavy atom. The van der Waals surface area contributed by atoms with Crippen molar-refractivity contribution in [2.75, 3.05) is 12.4 Å². The van der Waals surface area contributed by atoms with E-state index in [0.29, 0.717) is 11.6 Å². The zero-order valence-corrected chi connectivity index (χ0v) is 12.4. The number of aromatic nitrogens is 3. The molecule has 0 aliphatic rings. The number of hydrogen-bond acceptors (Lipinski definition) is 6. The largest absolute Gasteiger partial charge is 0.497 e. The molecule has 3 rings (SSSR count). The number of pyridine rings is 1. The van der Waals surface area contributed by atoms with E-state index in [-0.39, 0.29) is 18.3 Å². The van der Waals surface area contributed by atoms with Crippen LogP contribution in [0, 0.1) is 0 Å². The summed E-state index contributed by atoms with van der Waals surface area (Å²) in [6.45, 7) is 0. The van der Waals surface area contributed by atoms with Crippen LogP contribution in [0.1, 0.15) is 5.56 Å². The van der Waals surface area contributed by atoms with E-state index >= 15 is 0 Å². The first-order valence-electron chi connectivity index (χ1n) is 6.91. The molecule has 1 amide bonds. The van der Waals surface area contributed by atoms with Crippen LogP contribution >= 0.6 is 0 Å². The molecule has 116 valence electrons. The monoisotopic (exact) mass is 310 g/mol. The average Bonchev–Trinajstić information content (AvgIpc) is 3.04. The Balaban J connectivity index is 1.65. The lowest BCUT2D eigenvalue weighted by molar-refractivity contribution is -0.115. The molecule has 0 spiro atoms. The van der Waals surface area contributed by atoms with Gasteiger partial charge >= 0.3 is 6.01 Å². The first-order chi connectivity index (χ1) is 11.2. The maximum absolute atomic E-state index is 12.0. The number of nitrogens with zero attached hydrogens (tertiary/aromatic N) is 3. The summed E-state index contributed by atoms with van der Waals surface area (Å²) in [5, 5.41) is 6.41. The Hall–Kier alpha value is -3.22. The quantitative estimate of drug-likeness (QED) is 0.778. The number of carbonyl (C=O) groups excluding carboxylic acids is 1. The summed E-state index contributed by atoms with van der Waals surface area (Å²) in [6.07, 6.45) is 3.45. The highest BCUT2D eigenvalue weighted by Gasteiger charge is 2.12. The molecule has 0 aliphatic heterocycles. The lowest BCUT2D eigenvalue weighted by atomic mass is 10.1. The van der Waals surface area contributed by atoms with Crippen LogP contribution in [0.4, 0.5) is 6.01 Å². The minimum Gasteiger partial charge on any atom is -0.497 e. The van der Waals surface area contributed by atoms with Gasteiger partial charge < -0.3 is 9.26 Å². The average molecular weight is 310 g/mol. The van der Waals surface area contributed by atoms with Crippen LogP contribution in [-0.4, -0.2) is 28.1 Å². The van der Waals surface area contributed by atoms with Crippen molar-refractivity contribution in [2.45, 2.75) is 6.42 Å². The van der Waals surface area contributed by atoms with Gasteiger partial charge in [0.05, 0.1) is 13.5 Å². The van der Waals surface area contributed by atoms with Crippen LogP contribution in [0.5, 0.6) is 5.75 Å². The normalized spacial score (nSPS) is 10.3. The van der Waals surface area contributed by atoms with Gasteiger partial charge in [-0.15, -0.1) is 0 Å². The summed E-state index contributed by atoms with van der Waals surface area (Å²) in [4.78, 5) is 20.1. The second kappa shape index (κ2) is 6.69. The molecule has 1 aromatic carbocycles. The standard InChI is InChI=1S/C16H14N4O3/c1-22-13-4-2-3-11(9-13)10-14(21)18-16-19-15(20-23-16)12-5-7-17-8-6-12/h2-9H,10H2,1H3,(H,18,19,20,21). The molecule has 0 atom stereocenters. The van der Waals surface area contributed by atoms with Crippen LogP contribution in [0.15, 0.2) is 53.3 Å². The van der Waals surface area contributed by atoms with Gasteiger partial charge in [0.1, 0.15) is 5.75 Å². The number of carbonyl (C=O) groups is 1. The van der Waals surface area contributed by atoms with Crippen molar-refractivity contribution in [1.29, 1.82) is 0 Å². The van der Waals surface area contributed by atoms with Crippen molar-refractivity contribution in [1.82, 2.24) is 15.1 Å². The molecule has 0 bridgehead atoms. The first kappa shape index (κ1) is 14.7. The van der Waals surface area contributed by atoms with Crippen LogP contribution in [-0.2, 0) is 11.2 Å². The fourth-order valence-electron chi connectivity index (χ4n) is 2.02. The number of benzene rings is 1. The highest BCUT2D eigenvalue weighted by molar-refractivity contribution is 5.90. The molecular weight excluding hydrogens is 296 g/mol. The minimum absolute atomic E-state index is 0.0599. The second-order valence-electron chi connectivity index (χ2n) is 4.74. The molecule has 0 unspecified atom stereocenters. The molecular formula is C16H14N4O3. The second-order valence-corrected chi connectivity index (χ2v) is 4.74. The highest BCUT2D eigenvalue weighted by Crippen LogP contribution is 2.17. The van der Waals surface area contributed by atoms with E-state index in [0.717, 1.165) is 11.1 Å². The van der Waals surface area contributed by atoms with Gasteiger partial charge in [0.15, 0.2) is 0 Å². The summed E-state index contributed by atoms with van der Waals surface area (Å²) in [7, 11) is 1.58. The van der Waals surface area contributed by atoms with E-state index in [1.807, 2.05) is 18.2 Å². The molecule has 0 aliphatic carbocycles. The minimum atomic E-state index is -0.247. The smallest absolute Gasteiger partial charge is 0.328 e. The van der Waals surface area contributed by atoms with Crippen molar-refractivity contribution < 1.29 is 14.1 Å². The topological polar surface area (TPSA) is 90.1 Å². The maximum atomic E-state index is 12.0. The Morgan fingerprint density at radius 1 is 1.26 bits per heavy atom. The lowest BCUT2D eigenvalue weighted by Gasteiger charge is -2.03. The SMILES string of the molecule is COc1cccc(CC(=O)Nc2nc(-c3ccncc3)no2)c1. The van der Waals surface area contributed by atoms with Gasteiger partial charge in [0, 0.05) is 18.0 Å². The predicted molar refractivity (Wildman–Crippen MR) is 82.9 cm³/mol. The van der Waals surface area contributed by atoms with Gasteiger partial charge in [0.25, 0.3) is 0 Å². The Kier molecular flexibility index (Phi) is 4.28. The van der Waals surface area contributed by atoms with Gasteiger partial charge in [-0.05, 0) is 29.8 Å². The summed E-state index contributed by atoms with van der Waals surface area (Å²) < 4.78 is 10.2. The molecule has 23 heavy (non-hydrogen) atoms. The first-order valence-corrected chi connectivity index (χ1v) is 6.91. The molecule has 0 radical (unpaired) electrons. The third-order valence-electron chi connectivity index (χ3n) is 3.11. The third kappa shape index (κ3) is 3.70. The molecule has 7 nitrogen and oxygen atoms in total. The summed E-state index contributed by atoms with van der Waals surface area (Å²) in [5.41, 5.74) is 1.59. The number of methoxy groups -OCH3 is 1. The van der Waals surface area contributed by atoms with Gasteiger partial charge in [0.2, 0.25) is 11.7 Å². The van der Waals surface area contributed by atoms with E-state index in [1.54, 1.807) is 37.7 Å². The number of nitrogens with one attached hydrogen (secondary N) is 1. The molecule has 0 fully saturated rings. The van der Waals surface area contributed by atoms with Crippen molar-refractivity contribution in [2.24, 2.45) is 0 Å². The van der Waals surface area contributed by atoms with E-state index in [1.165, 1.54) is 0 Å². The molecule has 2 heterocycles. The number of amides is 1. The maximum Gasteiger partial charge on any atom is 0.328 e. The Bertz CT molecular complexity index is 802. The molecule has 2 aromatic heterocycles. The molecule has 7 heteroatoms. The van der Waals surface area contributed by atoms with Gasteiger partial charge in [-0.25, -0.2) is 0 Å². The van der Waals surface area contributed by atoms with E-state index in [4.69, 9.17) is 9.26 Å². The number of anilines is 1. The van der Waals surface area contributed by atoms with Crippen molar-refractivity contribution in [3.05, 3.63) is 54.4 Å². The van der Waals surface area contributed by atoms with Gasteiger partial charge in [-0.2, -0.15) is 4.98 Å². The summed E-state index contributed by atoms with van der Waals surface area (Å²) in [6, 6.07) is 10.9. The Morgan fingerprint density at radius 2 is 2.09 bits per heavy atom. The lowest BCUT2D eigenvalue weighted by Crippen LogP contribution is -2.14. The third-order valence-corrected chi connectivity index (χ3v) is 3.11. The summed E-state index contributed by atoms with van der Waals surface area (Å²) in [5.74, 6) is 0.848. The Labute approximate surface area is 132 Å². The zero-order valence-electron chi connectivity index (χ0n) is 12.4. The van der Waals surface area contributed by atoms with Crippen LogP contribution < -0.4 is 10.1 Å². The van der Waals surface area contributed by atoms with Crippen LogP contribution in [0.25, 0.3) is 11.4 Å². The molecule has 1 N–H and O–H groups in total. The van der Waals surface area contributed by atoms with Gasteiger partial charge in [-0.3, -0.25) is 15.1 Å². The molecule has 3 aromatic rings. The van der Waals surface area contributed by atoms with Crippen LogP contribution in [0.3, 0.4) is 0 Å².